The Balaban J connectivity index is 3.41. The van der Waals surface area contributed by atoms with Gasteiger partial charge in [0.05, 0.1) is 21.8 Å². The van der Waals surface area contributed by atoms with Gasteiger partial charge in [0.2, 0.25) is 5.88 Å². The van der Waals surface area contributed by atoms with Crippen LogP contribution in [0.25, 0.3) is 0 Å². The predicted octanol–water partition coefficient (Wildman–Crippen LogP) is 2.50. The van der Waals surface area contributed by atoms with Gasteiger partial charge in [-0.05, 0) is 22.6 Å². The van der Waals surface area contributed by atoms with Crippen LogP contribution in [0.5, 0.6) is 5.88 Å². The molecule has 0 saturated carbocycles. The van der Waals surface area contributed by atoms with Gasteiger partial charge in [0.25, 0.3) is 6.43 Å². The van der Waals surface area contributed by atoms with Crippen LogP contribution in [-0.2, 0) is 0 Å². The van der Waals surface area contributed by atoms with Gasteiger partial charge < -0.3 is 4.74 Å². The van der Waals surface area contributed by atoms with Crippen LogP contribution < -0.4 is 4.74 Å². The first-order valence-corrected chi connectivity index (χ1v) is 4.60. The number of pyridine rings is 1. The molecule has 6 heteroatoms. The quantitative estimate of drug-likeness (QED) is 0.789. The summed E-state index contributed by atoms with van der Waals surface area (Å²) in [6, 6.07) is 1.67. The van der Waals surface area contributed by atoms with Gasteiger partial charge in [-0.15, -0.1) is 0 Å². The molecule has 1 heterocycles. The van der Waals surface area contributed by atoms with Crippen molar-refractivity contribution in [2.24, 2.45) is 0 Å². The van der Waals surface area contributed by atoms with Crippen LogP contribution in [0.4, 0.5) is 8.78 Å². The molecule has 14 heavy (non-hydrogen) atoms. The zero-order chi connectivity index (χ0) is 10.7. The van der Waals surface area contributed by atoms with Gasteiger partial charge >= 0.3 is 0 Å². The van der Waals surface area contributed by atoms with Crippen LogP contribution in [0.3, 0.4) is 0 Å². The van der Waals surface area contributed by atoms with Crippen molar-refractivity contribution >= 4 is 22.6 Å². The molecule has 1 aromatic rings. The highest BCUT2D eigenvalue weighted by Gasteiger charge is 2.20. The van der Waals surface area contributed by atoms with Crippen molar-refractivity contribution in [1.82, 2.24) is 4.98 Å². The van der Waals surface area contributed by atoms with E-state index in [-0.39, 0.29) is 20.6 Å². The number of ether oxygens (including phenoxy) is 1. The lowest BCUT2D eigenvalue weighted by molar-refractivity contribution is 0.149. The van der Waals surface area contributed by atoms with Crippen LogP contribution >= 0.6 is 22.6 Å². The van der Waals surface area contributed by atoms with Crippen molar-refractivity contribution in [2.45, 2.75) is 6.43 Å². The highest BCUT2D eigenvalue weighted by atomic mass is 127. The molecule has 0 saturated heterocycles. The molecule has 0 aliphatic carbocycles. The van der Waals surface area contributed by atoms with E-state index in [9.17, 15) is 8.78 Å². The smallest absolute Gasteiger partial charge is 0.266 e. The minimum absolute atomic E-state index is 0.111. The molecular weight excluding hydrogens is 305 g/mol. The molecule has 74 valence electrons. The third-order valence-corrected chi connectivity index (χ3v) is 2.60. The van der Waals surface area contributed by atoms with Crippen molar-refractivity contribution in [3.63, 3.8) is 0 Å². The molecule has 0 radical (unpaired) electrons. The van der Waals surface area contributed by atoms with E-state index in [4.69, 9.17) is 10.00 Å². The zero-order valence-electron chi connectivity index (χ0n) is 7.09. The maximum atomic E-state index is 12.6. The fraction of sp³-hybridized carbons (Fsp3) is 0.250. The maximum absolute atomic E-state index is 12.6. The molecule has 0 amide bonds. The second-order valence-corrected chi connectivity index (χ2v) is 3.40. The van der Waals surface area contributed by atoms with E-state index >= 15 is 0 Å². The van der Waals surface area contributed by atoms with Crippen LogP contribution in [0.1, 0.15) is 17.6 Å². The van der Waals surface area contributed by atoms with Crippen LogP contribution in [-0.4, -0.2) is 12.1 Å². The van der Waals surface area contributed by atoms with Crippen molar-refractivity contribution in [3.05, 3.63) is 20.9 Å². The van der Waals surface area contributed by atoms with Crippen molar-refractivity contribution in [1.29, 1.82) is 5.26 Å². The van der Waals surface area contributed by atoms with E-state index in [2.05, 4.69) is 4.98 Å². The normalized spacial score (nSPS) is 10.0. The lowest BCUT2D eigenvalue weighted by Crippen LogP contribution is -2.00. The Morgan fingerprint density at radius 3 is 2.71 bits per heavy atom. The SMILES string of the molecule is COc1ncc(C#N)c(C(F)F)c1I. The van der Waals surface area contributed by atoms with Crippen LogP contribution in [0.15, 0.2) is 6.20 Å². The number of hydrogen-bond donors (Lipinski definition) is 0. The molecule has 3 nitrogen and oxygen atoms in total. The summed E-state index contributed by atoms with van der Waals surface area (Å²) in [7, 11) is 1.34. The third kappa shape index (κ3) is 1.92. The first-order chi connectivity index (χ1) is 6.61. The summed E-state index contributed by atoms with van der Waals surface area (Å²) < 4.78 is 30.1. The fourth-order valence-electron chi connectivity index (χ4n) is 0.928. The van der Waals surface area contributed by atoms with Crippen LogP contribution in [0.2, 0.25) is 0 Å². The van der Waals surface area contributed by atoms with Crippen molar-refractivity contribution in [2.75, 3.05) is 7.11 Å². The first-order valence-electron chi connectivity index (χ1n) is 3.52. The molecule has 0 aliphatic heterocycles. The summed E-state index contributed by atoms with van der Waals surface area (Å²) in [6.45, 7) is 0. The lowest BCUT2D eigenvalue weighted by Gasteiger charge is -2.08. The highest BCUT2D eigenvalue weighted by Crippen LogP contribution is 2.31. The van der Waals surface area contributed by atoms with Gasteiger partial charge in [-0.3, -0.25) is 0 Å². The summed E-state index contributed by atoms with van der Waals surface area (Å²) in [5.74, 6) is 0.111. The van der Waals surface area contributed by atoms with Crippen molar-refractivity contribution < 1.29 is 13.5 Å². The lowest BCUT2D eigenvalue weighted by atomic mass is 10.1. The zero-order valence-corrected chi connectivity index (χ0v) is 9.25. The van der Waals surface area contributed by atoms with Gasteiger partial charge in [0.15, 0.2) is 0 Å². The standard InChI is InChI=1S/C8H5F2IN2O/c1-14-8-6(11)5(7(9)10)4(2-12)3-13-8/h3,7H,1H3. The van der Waals surface area contributed by atoms with Gasteiger partial charge in [0, 0.05) is 6.20 Å². The molecule has 0 aromatic carbocycles. The Kier molecular flexibility index (Phi) is 3.57. The van der Waals surface area contributed by atoms with E-state index in [1.807, 2.05) is 0 Å². The largest absolute Gasteiger partial charge is 0.480 e. The summed E-state index contributed by atoms with van der Waals surface area (Å²) in [6.07, 6.45) is -1.61. The summed E-state index contributed by atoms with van der Waals surface area (Å²) in [5.41, 5.74) is -0.440. The van der Waals surface area contributed by atoms with Gasteiger partial charge in [-0.1, -0.05) is 0 Å². The number of hydrogen-bond acceptors (Lipinski definition) is 3. The predicted molar refractivity (Wildman–Crippen MR) is 53.2 cm³/mol. The maximum Gasteiger partial charge on any atom is 0.266 e. The molecular formula is C8H5F2IN2O. The molecule has 0 unspecified atom stereocenters. The number of nitrogens with zero attached hydrogens (tertiary/aromatic N) is 2. The Morgan fingerprint density at radius 1 is 1.64 bits per heavy atom. The number of alkyl halides is 2. The molecule has 0 N–H and O–H groups in total. The summed E-state index contributed by atoms with van der Waals surface area (Å²) >= 11 is 1.69. The average Bonchev–Trinajstić information content (AvgIpc) is 2.16. The number of rotatable bonds is 2. The molecule has 1 rings (SSSR count). The Labute approximate surface area is 92.8 Å². The molecule has 1 aromatic heterocycles. The second kappa shape index (κ2) is 4.50. The molecule has 0 spiro atoms. The first kappa shape index (κ1) is 11.1. The molecule has 0 fully saturated rings. The van der Waals surface area contributed by atoms with Gasteiger partial charge in [0.1, 0.15) is 6.07 Å². The summed E-state index contributed by atoms with van der Waals surface area (Å²) in [4.78, 5) is 3.73. The minimum Gasteiger partial charge on any atom is -0.480 e. The molecule has 0 bridgehead atoms. The van der Waals surface area contributed by atoms with E-state index in [1.54, 1.807) is 28.7 Å². The molecule has 0 atom stereocenters. The van der Waals surface area contributed by atoms with Gasteiger partial charge in [-0.2, -0.15) is 5.26 Å². The van der Waals surface area contributed by atoms with E-state index in [1.165, 1.54) is 7.11 Å². The van der Waals surface area contributed by atoms with E-state index in [0.717, 1.165) is 6.20 Å². The average molecular weight is 310 g/mol. The number of halogens is 3. The number of methoxy groups -OCH3 is 1. The Morgan fingerprint density at radius 2 is 2.29 bits per heavy atom. The fourth-order valence-corrected chi connectivity index (χ4v) is 1.81. The Bertz CT molecular complexity index is 390. The summed E-state index contributed by atoms with van der Waals surface area (Å²) in [5, 5.41) is 8.59. The Hall–Kier alpha value is -0.970. The highest BCUT2D eigenvalue weighted by molar-refractivity contribution is 14.1. The van der Waals surface area contributed by atoms with Crippen LogP contribution in [0, 0.1) is 14.9 Å². The molecule has 0 aliphatic rings. The van der Waals surface area contributed by atoms with E-state index < -0.39 is 6.43 Å². The van der Waals surface area contributed by atoms with Crippen molar-refractivity contribution in [3.8, 4) is 11.9 Å². The second-order valence-electron chi connectivity index (χ2n) is 2.32. The van der Waals surface area contributed by atoms with Gasteiger partial charge in [-0.25, -0.2) is 13.8 Å². The number of nitriles is 1. The van der Waals surface area contributed by atoms with E-state index in [0.29, 0.717) is 0 Å². The monoisotopic (exact) mass is 310 g/mol. The topological polar surface area (TPSA) is 45.9 Å². The third-order valence-electron chi connectivity index (χ3n) is 1.56. The minimum atomic E-state index is -2.70. The number of aromatic nitrogens is 1.